The first-order chi connectivity index (χ1) is 15.7. The summed E-state index contributed by atoms with van der Waals surface area (Å²) in [5, 5.41) is 14.8. The molecule has 0 aliphatic carbocycles. The first-order valence-corrected chi connectivity index (χ1v) is 10.6. The number of carboxylic acid groups (broad SMARTS) is 1. The summed E-state index contributed by atoms with van der Waals surface area (Å²) in [5.41, 5.74) is 3.33. The molecule has 164 valence electrons. The number of carbonyl (C=O) groups is 1. The summed E-state index contributed by atoms with van der Waals surface area (Å²) in [7, 11) is 1.64. The predicted molar refractivity (Wildman–Crippen MR) is 121 cm³/mol. The minimum atomic E-state index is -1.01. The van der Waals surface area contributed by atoms with Gasteiger partial charge in [-0.2, -0.15) is 0 Å². The molecule has 2 aromatic heterocycles. The Labute approximate surface area is 214 Å². The molecule has 2 aromatic carbocycles. The Kier molecular flexibility index (Phi) is 8.88. The van der Waals surface area contributed by atoms with Crippen LogP contribution in [0.4, 0.5) is 5.82 Å². The average molecular weight is 453 g/mol. The summed E-state index contributed by atoms with van der Waals surface area (Å²) in [6.07, 6.45) is 3.78. The van der Waals surface area contributed by atoms with Crippen molar-refractivity contribution in [3.63, 3.8) is 0 Å². The van der Waals surface area contributed by atoms with E-state index in [1.165, 1.54) is 6.33 Å². The molecule has 0 fully saturated rings. The molecular weight excluding hydrogens is 429 g/mol. The topological polar surface area (TPSA) is 100 Å². The number of nitrogens with zero attached hydrogens (tertiary/aromatic N) is 2. The van der Waals surface area contributed by atoms with Crippen molar-refractivity contribution in [2.75, 3.05) is 19.0 Å². The smallest absolute Gasteiger partial charge is 0.550 e. The second-order valence-electron chi connectivity index (χ2n) is 7.41. The molecule has 0 atom stereocenters. The Morgan fingerprint density at radius 2 is 1.76 bits per heavy atom. The maximum atomic E-state index is 10.6. The molecule has 0 unspecified atom stereocenters. The van der Waals surface area contributed by atoms with Crippen LogP contribution in [0, 0.1) is 0 Å². The molecule has 0 bridgehead atoms. The Morgan fingerprint density at radius 1 is 1.00 bits per heavy atom. The molecule has 0 saturated carbocycles. The van der Waals surface area contributed by atoms with Gasteiger partial charge in [0.15, 0.2) is 0 Å². The van der Waals surface area contributed by atoms with E-state index in [2.05, 4.69) is 15.3 Å². The van der Waals surface area contributed by atoms with E-state index in [0.717, 1.165) is 46.4 Å². The van der Waals surface area contributed by atoms with Gasteiger partial charge < -0.3 is 24.4 Å². The standard InChI is InChI=1S/C25H25N3O4.Na/c1-31-19-13-11-17(12-14-19)21-22-24(26-15-7-3-6-10-20(29)30)27-16-28-25(22)32-23(21)18-8-4-2-5-9-18;/h2,4-5,8-9,11-14,16H,3,6-7,10,15H2,1H3,(H,29,30)(H,26,27,28);/q;+1/p-1. The number of hydrogen-bond donors (Lipinski definition) is 1. The number of methoxy groups -OCH3 is 1. The molecule has 2 heterocycles. The van der Waals surface area contributed by atoms with Crippen molar-refractivity contribution < 1.29 is 48.6 Å². The van der Waals surface area contributed by atoms with Gasteiger partial charge in [-0.15, -0.1) is 0 Å². The monoisotopic (exact) mass is 453 g/mol. The zero-order chi connectivity index (χ0) is 22.3. The molecule has 4 aromatic rings. The third-order valence-corrected chi connectivity index (χ3v) is 5.25. The first kappa shape index (κ1) is 24.8. The van der Waals surface area contributed by atoms with Crippen LogP contribution in [0.25, 0.3) is 33.6 Å². The number of ether oxygens (including phenoxy) is 1. The van der Waals surface area contributed by atoms with E-state index in [4.69, 9.17) is 9.15 Å². The molecule has 7 nitrogen and oxygen atoms in total. The summed E-state index contributed by atoms with van der Waals surface area (Å²) >= 11 is 0. The van der Waals surface area contributed by atoms with Crippen LogP contribution in [0.1, 0.15) is 25.7 Å². The van der Waals surface area contributed by atoms with Crippen molar-refractivity contribution in [3.8, 4) is 28.2 Å². The molecule has 4 rings (SSSR count). The number of carbonyl (C=O) groups excluding carboxylic acids is 1. The fourth-order valence-electron chi connectivity index (χ4n) is 3.67. The number of hydrogen-bond acceptors (Lipinski definition) is 7. The van der Waals surface area contributed by atoms with Gasteiger partial charge in [0.1, 0.15) is 23.7 Å². The van der Waals surface area contributed by atoms with Crippen LogP contribution < -0.4 is 44.7 Å². The molecule has 1 N–H and O–H groups in total. The van der Waals surface area contributed by atoms with Crippen LogP contribution >= 0.6 is 0 Å². The van der Waals surface area contributed by atoms with Crippen LogP contribution in [0.3, 0.4) is 0 Å². The van der Waals surface area contributed by atoms with Gasteiger partial charge in [-0.05, 0) is 37.0 Å². The summed E-state index contributed by atoms with van der Waals surface area (Å²) in [6, 6.07) is 17.7. The minimum Gasteiger partial charge on any atom is -0.550 e. The number of aliphatic carboxylic acids is 1. The number of unbranched alkanes of at least 4 members (excludes halogenated alkanes) is 2. The largest absolute Gasteiger partial charge is 1.00 e. The Bertz CT molecular complexity index is 1190. The summed E-state index contributed by atoms with van der Waals surface area (Å²) in [5.74, 6) is 1.18. The van der Waals surface area contributed by atoms with Gasteiger partial charge in [-0.3, -0.25) is 0 Å². The average Bonchev–Trinajstić information content (AvgIpc) is 3.22. The van der Waals surface area contributed by atoms with E-state index in [0.29, 0.717) is 24.5 Å². The number of benzene rings is 2. The van der Waals surface area contributed by atoms with Gasteiger partial charge in [0.25, 0.3) is 0 Å². The maximum Gasteiger partial charge on any atom is 1.00 e. The first-order valence-electron chi connectivity index (χ1n) is 10.6. The summed E-state index contributed by atoms with van der Waals surface area (Å²) in [6.45, 7) is 0.660. The summed E-state index contributed by atoms with van der Waals surface area (Å²) < 4.78 is 11.5. The predicted octanol–water partition coefficient (Wildman–Crippen LogP) is 1.29. The van der Waals surface area contributed by atoms with Crippen molar-refractivity contribution in [3.05, 3.63) is 60.9 Å². The van der Waals surface area contributed by atoms with E-state index in [9.17, 15) is 9.90 Å². The van der Waals surface area contributed by atoms with E-state index < -0.39 is 5.97 Å². The Hall–Kier alpha value is -2.87. The van der Waals surface area contributed by atoms with Crippen molar-refractivity contribution >= 4 is 22.9 Å². The van der Waals surface area contributed by atoms with Gasteiger partial charge in [0.2, 0.25) is 5.71 Å². The number of carboxylic acids is 1. The molecule has 8 heteroatoms. The van der Waals surface area contributed by atoms with Gasteiger partial charge in [-0.1, -0.05) is 48.9 Å². The molecule has 0 radical (unpaired) electrons. The Balaban J connectivity index is 0.00000306. The minimum absolute atomic E-state index is 0. The normalized spacial score (nSPS) is 10.6. The number of aromatic nitrogens is 2. The molecular formula is C25H24N3NaO4. The zero-order valence-corrected chi connectivity index (χ0v) is 20.8. The third-order valence-electron chi connectivity index (χ3n) is 5.25. The van der Waals surface area contributed by atoms with Crippen molar-refractivity contribution in [2.45, 2.75) is 25.7 Å². The van der Waals surface area contributed by atoms with E-state index >= 15 is 0 Å². The van der Waals surface area contributed by atoms with Gasteiger partial charge >= 0.3 is 29.6 Å². The van der Waals surface area contributed by atoms with Gasteiger partial charge in [-0.25, -0.2) is 9.97 Å². The van der Waals surface area contributed by atoms with Crippen LogP contribution in [0.15, 0.2) is 65.3 Å². The second kappa shape index (κ2) is 11.8. The van der Waals surface area contributed by atoms with Crippen molar-refractivity contribution in [1.29, 1.82) is 0 Å². The molecule has 0 aliphatic rings. The number of rotatable bonds is 10. The fourth-order valence-corrected chi connectivity index (χ4v) is 3.67. The van der Waals surface area contributed by atoms with Crippen molar-refractivity contribution in [1.82, 2.24) is 9.97 Å². The van der Waals surface area contributed by atoms with Crippen LogP contribution in [0.5, 0.6) is 5.75 Å². The summed E-state index contributed by atoms with van der Waals surface area (Å²) in [4.78, 5) is 19.4. The van der Waals surface area contributed by atoms with E-state index in [1.807, 2.05) is 54.6 Å². The molecule has 0 saturated heterocycles. The number of furan rings is 1. The SMILES string of the molecule is COc1ccc(-c2c(-c3ccccc3)oc3ncnc(NCCCCCC(=O)[O-])c23)cc1.[Na+]. The van der Waals surface area contributed by atoms with Crippen LogP contribution in [-0.4, -0.2) is 29.6 Å². The number of anilines is 1. The van der Waals surface area contributed by atoms with Gasteiger partial charge in [0, 0.05) is 23.6 Å². The van der Waals surface area contributed by atoms with E-state index in [-0.39, 0.29) is 36.0 Å². The third kappa shape index (κ3) is 5.93. The second-order valence-corrected chi connectivity index (χ2v) is 7.41. The van der Waals surface area contributed by atoms with Crippen molar-refractivity contribution in [2.24, 2.45) is 0 Å². The quantitative estimate of drug-likeness (QED) is 0.285. The van der Waals surface area contributed by atoms with Crippen LogP contribution in [0.2, 0.25) is 0 Å². The number of fused-ring (bicyclic) bond motifs is 1. The van der Waals surface area contributed by atoms with Crippen LogP contribution in [-0.2, 0) is 4.79 Å². The molecule has 33 heavy (non-hydrogen) atoms. The molecule has 0 spiro atoms. The zero-order valence-electron chi connectivity index (χ0n) is 18.8. The number of nitrogens with one attached hydrogen (secondary N) is 1. The Morgan fingerprint density at radius 3 is 2.45 bits per heavy atom. The molecule has 0 amide bonds. The molecule has 0 aliphatic heterocycles. The van der Waals surface area contributed by atoms with Gasteiger partial charge in [0.05, 0.1) is 12.5 Å². The van der Waals surface area contributed by atoms with E-state index in [1.54, 1.807) is 7.11 Å². The maximum absolute atomic E-state index is 10.6. The fraction of sp³-hybridized carbons (Fsp3) is 0.240.